The molecule has 272 valence electrons. The number of alkyl halides is 2. The van der Waals surface area contributed by atoms with Crippen LogP contribution in [0.3, 0.4) is 0 Å². The number of fused-ring (bicyclic) bond motifs is 3. The second kappa shape index (κ2) is 17.9. The zero-order chi connectivity index (χ0) is 37.2. The third-order valence-corrected chi connectivity index (χ3v) is 9.73. The Labute approximate surface area is 320 Å². The van der Waals surface area contributed by atoms with Crippen LogP contribution in [0, 0.1) is 0 Å². The summed E-state index contributed by atoms with van der Waals surface area (Å²) in [4.78, 5) is 27.6. The van der Waals surface area contributed by atoms with Crippen LogP contribution in [0.4, 0.5) is 17.1 Å². The molecular weight excluding hydrogens is 703 g/mol. The maximum Gasteiger partial charge on any atom is 0.251 e. The van der Waals surface area contributed by atoms with E-state index in [-0.39, 0.29) is 11.8 Å². The highest BCUT2D eigenvalue weighted by Gasteiger charge is 2.24. The van der Waals surface area contributed by atoms with Crippen molar-refractivity contribution in [2.24, 2.45) is 0 Å². The Balaban J connectivity index is 1.04. The molecule has 53 heavy (non-hydrogen) atoms. The number of anilines is 3. The smallest absolute Gasteiger partial charge is 0.251 e. The van der Waals surface area contributed by atoms with Crippen molar-refractivity contribution in [1.82, 2.24) is 10.6 Å². The van der Waals surface area contributed by atoms with Crippen LogP contribution in [0.5, 0.6) is 0 Å². The lowest BCUT2D eigenvalue weighted by molar-refractivity contribution is -0.650. The van der Waals surface area contributed by atoms with Gasteiger partial charge in [-0.15, -0.1) is 23.2 Å². The molecular formula is C43H45Cl2N6O2+. The van der Waals surface area contributed by atoms with Gasteiger partial charge in [-0.05, 0) is 79.1 Å². The monoisotopic (exact) mass is 747 g/mol. The van der Waals surface area contributed by atoms with Gasteiger partial charge in [-0.25, -0.2) is 0 Å². The molecule has 1 aromatic heterocycles. The van der Waals surface area contributed by atoms with Gasteiger partial charge in [-0.1, -0.05) is 48.5 Å². The van der Waals surface area contributed by atoms with Gasteiger partial charge >= 0.3 is 0 Å². The predicted octanol–water partition coefficient (Wildman–Crippen LogP) is 7.31. The third kappa shape index (κ3) is 9.38. The van der Waals surface area contributed by atoms with Crippen LogP contribution in [0.25, 0.3) is 32.9 Å². The molecule has 8 nitrogen and oxygen atoms in total. The second-order valence-electron chi connectivity index (χ2n) is 13.1. The number of halogens is 2. The lowest BCUT2D eigenvalue weighted by Crippen LogP contribution is -2.38. The summed E-state index contributed by atoms with van der Waals surface area (Å²) in [6.45, 7) is 2.73. The number of aryl methyl sites for hydroxylation is 1. The molecule has 2 amide bonds. The summed E-state index contributed by atoms with van der Waals surface area (Å²) < 4.78 is 2.28. The van der Waals surface area contributed by atoms with Crippen LogP contribution in [-0.2, 0) is 17.8 Å². The van der Waals surface area contributed by atoms with Crippen molar-refractivity contribution < 1.29 is 14.2 Å². The predicted molar refractivity (Wildman–Crippen MR) is 220 cm³/mol. The Morgan fingerprint density at radius 2 is 1.32 bits per heavy atom. The largest absolute Gasteiger partial charge is 0.399 e. The molecule has 5 aromatic carbocycles. The molecule has 6 rings (SSSR count). The van der Waals surface area contributed by atoms with Crippen molar-refractivity contribution in [1.29, 1.82) is 0 Å². The molecule has 0 unspecified atom stereocenters. The highest BCUT2D eigenvalue weighted by atomic mass is 35.5. The molecule has 6 aromatic rings. The number of hydrogen-bond donors (Lipinski definition) is 4. The van der Waals surface area contributed by atoms with Gasteiger partial charge in [0.2, 0.25) is 17.1 Å². The lowest BCUT2D eigenvalue weighted by Gasteiger charge is -2.23. The first-order valence-corrected chi connectivity index (χ1v) is 19.0. The standard InChI is InChI=1S/C43H44Cl2N6O2/c44-21-25-50(26-22-45)36-17-11-30(12-18-36)5-4-8-41(52)48-23-24-49-43(53)33-13-9-31(10-14-33)29-51-40-28-35(47)16-20-38(40)37-19-15-34(46)27-39(37)42(51)32-6-2-1-3-7-32/h1-3,6-7,9-20,27-28,47H,4-5,8,21-26,29,46H2,(H2,48,49,52,53)/p+1. The fourth-order valence-electron chi connectivity index (χ4n) is 6.74. The Kier molecular flexibility index (Phi) is 12.7. The zero-order valence-corrected chi connectivity index (χ0v) is 31.2. The molecule has 0 aliphatic carbocycles. The van der Waals surface area contributed by atoms with Gasteiger partial charge in [0.25, 0.3) is 5.91 Å². The van der Waals surface area contributed by atoms with Gasteiger partial charge in [0.05, 0.1) is 10.8 Å². The van der Waals surface area contributed by atoms with Crippen LogP contribution in [-0.4, -0.2) is 49.8 Å². The number of carbonyl (C=O) groups is 2. The number of hydrogen-bond acceptors (Lipinski definition) is 5. The number of carbonyl (C=O) groups excluding carboxylic acids is 2. The molecule has 0 saturated carbocycles. The van der Waals surface area contributed by atoms with Crippen molar-refractivity contribution in [3.8, 4) is 11.3 Å². The molecule has 10 heteroatoms. The average molecular weight is 749 g/mol. The van der Waals surface area contributed by atoms with Gasteiger partial charge in [-0.3, -0.25) is 9.59 Å². The molecule has 6 N–H and O–H groups in total. The number of rotatable bonds is 16. The van der Waals surface area contributed by atoms with Crippen LogP contribution < -0.4 is 31.6 Å². The first-order valence-electron chi connectivity index (χ1n) is 17.9. The Bertz CT molecular complexity index is 2170. The van der Waals surface area contributed by atoms with Crippen molar-refractivity contribution in [2.75, 3.05) is 54.3 Å². The maximum atomic E-state index is 13.0. The van der Waals surface area contributed by atoms with Gasteiger partial charge in [0, 0.05) is 89.6 Å². The third-order valence-electron chi connectivity index (χ3n) is 9.39. The van der Waals surface area contributed by atoms with E-state index in [0.717, 1.165) is 70.1 Å². The molecule has 0 atom stereocenters. The first-order chi connectivity index (χ1) is 25.8. The minimum Gasteiger partial charge on any atom is -0.399 e. The van der Waals surface area contributed by atoms with E-state index in [4.69, 9.17) is 34.7 Å². The average Bonchev–Trinajstić information content (AvgIpc) is 3.17. The van der Waals surface area contributed by atoms with Crippen LogP contribution in [0.2, 0.25) is 0 Å². The molecule has 0 fully saturated rings. The number of aromatic nitrogens is 1. The molecule has 1 heterocycles. The summed E-state index contributed by atoms with van der Waals surface area (Å²) in [6.07, 6.45) is 1.95. The zero-order valence-electron chi connectivity index (χ0n) is 29.7. The molecule has 0 bridgehead atoms. The van der Waals surface area contributed by atoms with E-state index >= 15 is 0 Å². The summed E-state index contributed by atoms with van der Waals surface area (Å²) in [7, 11) is 0. The number of amides is 2. The fourth-order valence-corrected chi connectivity index (χ4v) is 7.15. The molecule has 0 radical (unpaired) electrons. The summed E-state index contributed by atoms with van der Waals surface area (Å²) >= 11 is 11.9. The quantitative estimate of drug-likeness (QED) is 0.0272. The Morgan fingerprint density at radius 1 is 0.679 bits per heavy atom. The van der Waals surface area contributed by atoms with Gasteiger partial charge in [0.15, 0.2) is 6.54 Å². The molecule has 0 aliphatic rings. The number of nitrogens with zero attached hydrogens (tertiary/aromatic N) is 2. The van der Waals surface area contributed by atoms with Crippen LogP contribution in [0.1, 0.15) is 34.3 Å². The summed E-state index contributed by atoms with van der Waals surface area (Å²) in [5.74, 6) is 0.856. The number of nitrogen functional groups attached to an aromatic ring is 2. The van der Waals surface area contributed by atoms with Gasteiger partial charge in [0.1, 0.15) is 0 Å². The Hall–Kier alpha value is -5.31. The highest BCUT2D eigenvalue weighted by molar-refractivity contribution is 6.18. The number of benzene rings is 5. The summed E-state index contributed by atoms with van der Waals surface area (Å²) in [6, 6.07) is 38.3. The topological polar surface area (TPSA) is 117 Å². The van der Waals surface area contributed by atoms with E-state index in [9.17, 15) is 9.59 Å². The van der Waals surface area contributed by atoms with E-state index < -0.39 is 0 Å². The minimum atomic E-state index is -0.193. The maximum absolute atomic E-state index is 13.0. The second-order valence-corrected chi connectivity index (χ2v) is 13.8. The SMILES string of the molecule is Nc1ccc2c(c1)c(-c1ccccc1)[n+](Cc1ccc(C(=O)NCCNC(=O)CCCc3ccc(N(CCCl)CCCl)cc3)cc1)c1cc(N)ccc21. The first kappa shape index (κ1) is 37.4. The highest BCUT2D eigenvalue weighted by Crippen LogP contribution is 2.33. The number of nitrogens with two attached hydrogens (primary N) is 2. The van der Waals surface area contributed by atoms with Crippen molar-refractivity contribution in [2.45, 2.75) is 25.8 Å². The molecule has 0 spiro atoms. The summed E-state index contributed by atoms with van der Waals surface area (Å²) in [5.41, 5.74) is 21.0. The van der Waals surface area contributed by atoms with Crippen molar-refractivity contribution in [3.05, 3.63) is 132 Å². The molecule has 0 saturated heterocycles. The fraction of sp³-hybridized carbons (Fsp3) is 0.233. The van der Waals surface area contributed by atoms with E-state index in [2.05, 4.69) is 68.6 Å². The lowest BCUT2D eigenvalue weighted by atomic mass is 9.97. The van der Waals surface area contributed by atoms with E-state index in [1.54, 1.807) is 0 Å². The van der Waals surface area contributed by atoms with E-state index in [1.807, 2.05) is 66.7 Å². The molecule has 0 aliphatic heterocycles. The van der Waals surface area contributed by atoms with Gasteiger partial charge < -0.3 is 27.0 Å². The number of nitrogens with one attached hydrogen (secondary N) is 2. The van der Waals surface area contributed by atoms with E-state index in [0.29, 0.717) is 54.8 Å². The number of pyridine rings is 1. The van der Waals surface area contributed by atoms with Crippen LogP contribution >= 0.6 is 23.2 Å². The van der Waals surface area contributed by atoms with Crippen molar-refractivity contribution in [3.63, 3.8) is 0 Å². The van der Waals surface area contributed by atoms with Crippen molar-refractivity contribution >= 4 is 73.8 Å². The summed E-state index contributed by atoms with van der Waals surface area (Å²) in [5, 5.41) is 9.06. The van der Waals surface area contributed by atoms with Gasteiger partial charge in [-0.2, -0.15) is 4.57 Å². The van der Waals surface area contributed by atoms with Crippen LogP contribution in [0.15, 0.2) is 115 Å². The Morgan fingerprint density at radius 3 is 2.02 bits per heavy atom. The minimum absolute atomic E-state index is 0.0337. The van der Waals surface area contributed by atoms with E-state index in [1.165, 1.54) is 5.56 Å². The normalized spacial score (nSPS) is 11.1.